The van der Waals surface area contributed by atoms with Gasteiger partial charge in [0, 0.05) is 18.2 Å². The summed E-state index contributed by atoms with van der Waals surface area (Å²) < 4.78 is 22.5. The first-order valence-electron chi connectivity index (χ1n) is 12.3. The summed E-state index contributed by atoms with van der Waals surface area (Å²) in [6.07, 6.45) is -3.24. The van der Waals surface area contributed by atoms with Crippen molar-refractivity contribution in [2.75, 3.05) is 6.61 Å². The first-order chi connectivity index (χ1) is 19.6. The van der Waals surface area contributed by atoms with E-state index < -0.39 is 37.2 Å². The number of hydrogen-bond acceptors (Lipinski definition) is 11. The predicted molar refractivity (Wildman–Crippen MR) is 142 cm³/mol. The third-order valence-corrected chi connectivity index (χ3v) is 6.31. The summed E-state index contributed by atoms with van der Waals surface area (Å²) >= 11 is 0. The van der Waals surface area contributed by atoms with Crippen molar-refractivity contribution in [2.45, 2.75) is 24.6 Å². The van der Waals surface area contributed by atoms with Gasteiger partial charge in [0.1, 0.15) is 47.6 Å². The van der Waals surface area contributed by atoms with Gasteiger partial charge in [-0.1, -0.05) is 6.07 Å². The van der Waals surface area contributed by atoms with Gasteiger partial charge in [0.05, 0.1) is 11.6 Å². The predicted octanol–water partition coefficient (Wildman–Crippen LogP) is 2.99. The van der Waals surface area contributed by atoms with Gasteiger partial charge >= 0.3 is 17.3 Å². The Morgan fingerprint density at radius 1 is 0.854 bits per heavy atom. The summed E-state index contributed by atoms with van der Waals surface area (Å²) in [5.74, 6) is -1.91. The van der Waals surface area contributed by atoms with Crippen molar-refractivity contribution in [3.63, 3.8) is 0 Å². The van der Waals surface area contributed by atoms with Crippen LogP contribution in [0.3, 0.4) is 0 Å². The van der Waals surface area contributed by atoms with E-state index in [1.807, 2.05) is 0 Å². The van der Waals surface area contributed by atoms with Crippen molar-refractivity contribution in [1.29, 1.82) is 0 Å². The fraction of sp³-hybridized carbons (Fsp3) is 0.172. The molecule has 12 nitrogen and oxygen atoms in total. The second-order valence-corrected chi connectivity index (χ2v) is 9.22. The Hall–Kier alpha value is -5.04. The third kappa shape index (κ3) is 5.94. The smallest absolute Gasteiger partial charge is 0.402 e. The summed E-state index contributed by atoms with van der Waals surface area (Å²) in [7, 11) is 0. The molecule has 12 heteroatoms. The number of aromatic hydroxyl groups is 5. The lowest BCUT2D eigenvalue weighted by Gasteiger charge is -2.16. The lowest BCUT2D eigenvalue weighted by atomic mass is 10.1. The van der Waals surface area contributed by atoms with E-state index in [2.05, 4.69) is 0 Å². The van der Waals surface area contributed by atoms with Crippen LogP contribution in [0.1, 0.15) is 5.56 Å². The molecule has 7 N–H and O–H groups in total. The normalized spacial score (nSPS) is 20.4. The van der Waals surface area contributed by atoms with Gasteiger partial charge in [-0.3, -0.25) is 0 Å². The maximum Gasteiger partial charge on any atom is 0.402 e. The molecule has 1 aromatic heterocycles. The topological polar surface area (TPSA) is 198 Å². The largest absolute Gasteiger partial charge is 0.508 e. The Bertz CT molecular complexity index is 1610. The Morgan fingerprint density at radius 2 is 1.61 bits per heavy atom. The molecule has 4 aromatic rings. The molecular weight excluding hydrogens is 540 g/mol. The number of carbonyl (C=O) groups is 1. The number of aliphatic hydroxyl groups excluding tert-OH is 2. The zero-order valence-electron chi connectivity index (χ0n) is 21.1. The molecule has 4 atom stereocenters. The molecule has 1 saturated heterocycles. The van der Waals surface area contributed by atoms with Crippen LogP contribution in [0, 0.1) is 0 Å². The van der Waals surface area contributed by atoms with Gasteiger partial charge in [0.25, 0.3) is 0 Å². The number of ether oxygens (including phenoxy) is 3. The number of phenols is 5. The highest BCUT2D eigenvalue weighted by Crippen LogP contribution is 2.41. The molecule has 0 amide bonds. The van der Waals surface area contributed by atoms with Crippen molar-refractivity contribution < 1.29 is 59.2 Å². The fourth-order valence-electron chi connectivity index (χ4n) is 4.18. The molecule has 5 rings (SSSR count). The molecule has 0 aliphatic carbocycles. The van der Waals surface area contributed by atoms with E-state index in [4.69, 9.17) is 18.6 Å². The quantitative estimate of drug-likeness (QED) is 0.0749. The Kier molecular flexibility index (Phi) is 7.53. The summed E-state index contributed by atoms with van der Waals surface area (Å²) in [4.78, 5) is 12.2. The van der Waals surface area contributed by atoms with E-state index in [0.717, 1.165) is 12.1 Å². The summed E-state index contributed by atoms with van der Waals surface area (Å²) in [6.45, 7) is -0.435. The van der Waals surface area contributed by atoms with Crippen molar-refractivity contribution >= 4 is 23.0 Å². The maximum atomic E-state index is 12.2. The Labute approximate surface area is 231 Å². The molecule has 41 heavy (non-hydrogen) atoms. The van der Waals surface area contributed by atoms with Crippen molar-refractivity contribution in [3.8, 4) is 45.8 Å². The zero-order chi connectivity index (χ0) is 29.3. The molecule has 0 saturated carbocycles. The summed E-state index contributed by atoms with van der Waals surface area (Å²) in [5.41, 5.74) is 0.978. The minimum absolute atomic E-state index is 0.00147. The average molecular weight is 566 g/mol. The van der Waals surface area contributed by atoms with Crippen molar-refractivity contribution in [3.05, 3.63) is 72.3 Å². The molecule has 0 radical (unpaired) electrons. The van der Waals surface area contributed by atoms with Crippen molar-refractivity contribution in [2.24, 2.45) is 0 Å². The highest BCUT2D eigenvalue weighted by molar-refractivity contribution is 5.88. The van der Waals surface area contributed by atoms with Crippen LogP contribution < -0.4 is 4.74 Å². The number of benzene rings is 3. The molecular formula is C29H25O12+. The monoisotopic (exact) mass is 565 g/mol. The van der Waals surface area contributed by atoms with Gasteiger partial charge in [-0.2, -0.15) is 0 Å². The number of phenolic OH excluding ortho intramolecular Hbond substituents is 5. The van der Waals surface area contributed by atoms with Crippen LogP contribution in [0.5, 0.6) is 34.5 Å². The van der Waals surface area contributed by atoms with Gasteiger partial charge in [-0.05, 0) is 48.0 Å². The van der Waals surface area contributed by atoms with Crippen LogP contribution in [0.2, 0.25) is 0 Å². The Balaban J connectivity index is 1.32. The first-order valence-corrected chi connectivity index (χ1v) is 12.3. The van der Waals surface area contributed by atoms with Crippen LogP contribution in [0.15, 0.2) is 71.2 Å². The highest BCUT2D eigenvalue weighted by Gasteiger charge is 2.46. The van der Waals surface area contributed by atoms with E-state index in [0.29, 0.717) is 11.1 Å². The van der Waals surface area contributed by atoms with Crippen LogP contribution in [0.25, 0.3) is 28.4 Å². The zero-order valence-corrected chi connectivity index (χ0v) is 21.1. The molecule has 1 fully saturated rings. The average Bonchev–Trinajstić information content (AvgIpc) is 3.20. The number of esters is 1. The molecule has 2 heterocycles. The van der Waals surface area contributed by atoms with Gasteiger partial charge in [-0.15, -0.1) is 0 Å². The van der Waals surface area contributed by atoms with Crippen molar-refractivity contribution in [1.82, 2.24) is 0 Å². The standard InChI is InChI=1S/C29H24O12/c30-16-5-3-15(4-6-16)28-23(12-18-20(33)10-17(31)11-22(18)39-28)40-29-27(37)26(36)24(41-29)13-38-25(35)8-2-14-1-7-19(32)21(34)9-14/h1-12,24,26-27,29,36-37H,13H2,(H4-,30,31,32,33,34,35)/p+1. The molecule has 1 aliphatic rings. The Morgan fingerprint density at radius 3 is 2.34 bits per heavy atom. The number of hydrogen-bond donors (Lipinski definition) is 7. The second-order valence-electron chi connectivity index (χ2n) is 9.22. The van der Waals surface area contributed by atoms with Gasteiger partial charge in [0.15, 0.2) is 11.5 Å². The van der Waals surface area contributed by atoms with E-state index in [1.165, 1.54) is 60.7 Å². The second kappa shape index (κ2) is 11.2. The van der Waals surface area contributed by atoms with E-state index in [1.54, 1.807) is 0 Å². The minimum atomic E-state index is -1.56. The highest BCUT2D eigenvalue weighted by atomic mass is 16.7. The van der Waals surface area contributed by atoms with Crippen LogP contribution >= 0.6 is 0 Å². The lowest BCUT2D eigenvalue weighted by Crippen LogP contribution is -2.36. The minimum Gasteiger partial charge on any atom is -0.508 e. The molecule has 0 bridgehead atoms. The number of aliphatic hydroxyl groups is 2. The lowest BCUT2D eigenvalue weighted by molar-refractivity contribution is -0.149. The molecule has 4 unspecified atom stereocenters. The molecule has 0 spiro atoms. The van der Waals surface area contributed by atoms with E-state index in [-0.39, 0.29) is 51.2 Å². The van der Waals surface area contributed by atoms with E-state index >= 15 is 0 Å². The van der Waals surface area contributed by atoms with Crippen LogP contribution in [-0.2, 0) is 14.3 Å². The molecule has 212 valence electrons. The van der Waals surface area contributed by atoms with Gasteiger partial charge in [-0.25, -0.2) is 9.21 Å². The van der Waals surface area contributed by atoms with Gasteiger partial charge in [0.2, 0.25) is 12.0 Å². The summed E-state index contributed by atoms with van der Waals surface area (Å²) in [5, 5.41) is 70.1. The van der Waals surface area contributed by atoms with Gasteiger partial charge < -0.3 is 50.0 Å². The van der Waals surface area contributed by atoms with Crippen LogP contribution in [0.4, 0.5) is 0 Å². The molecule has 1 aliphatic heterocycles. The number of carbonyl (C=O) groups excluding carboxylic acids is 1. The fourth-order valence-corrected chi connectivity index (χ4v) is 4.18. The first kappa shape index (κ1) is 27.5. The number of fused-ring (bicyclic) bond motifs is 1. The third-order valence-electron chi connectivity index (χ3n) is 6.31. The molecule has 3 aromatic carbocycles. The maximum absolute atomic E-state index is 12.2. The number of rotatable bonds is 7. The van der Waals surface area contributed by atoms with Crippen LogP contribution in [-0.4, -0.2) is 72.9 Å². The SMILES string of the molecule is O=C(/C=C/c1ccc(O)c(O)c1)OCC1OC(Oc2cc3c(O)cc(O)cc3[o+]c2-c2ccc(O)cc2)C(O)C1O. The summed E-state index contributed by atoms with van der Waals surface area (Å²) in [6, 6.07) is 13.6. The van der Waals surface area contributed by atoms with E-state index in [9.17, 15) is 40.5 Å².